The van der Waals surface area contributed by atoms with Crippen LogP contribution in [-0.4, -0.2) is 61.1 Å². The third-order valence-corrected chi connectivity index (χ3v) is 5.78. The predicted octanol–water partition coefficient (Wildman–Crippen LogP) is 3.18. The lowest BCUT2D eigenvalue weighted by Crippen LogP contribution is -2.44. The maximum absolute atomic E-state index is 4.32. The van der Waals surface area contributed by atoms with Crippen molar-refractivity contribution in [2.75, 3.05) is 45.5 Å². The summed E-state index contributed by atoms with van der Waals surface area (Å²) < 4.78 is 0.389. The van der Waals surface area contributed by atoms with Crippen molar-refractivity contribution < 1.29 is 0 Å². The number of rotatable bonds is 9. The second-order valence-electron chi connectivity index (χ2n) is 5.99. The van der Waals surface area contributed by atoms with E-state index in [4.69, 9.17) is 0 Å². The lowest BCUT2D eigenvalue weighted by atomic mass is 10.1. The Kier molecular flexibility index (Phi) is 12.9. The molecule has 132 valence electrons. The van der Waals surface area contributed by atoms with Crippen molar-refractivity contribution in [3.8, 4) is 0 Å². The van der Waals surface area contributed by atoms with E-state index in [2.05, 4.69) is 53.1 Å². The average molecular weight is 442 g/mol. The lowest BCUT2D eigenvalue weighted by Gasteiger charge is -2.24. The van der Waals surface area contributed by atoms with Crippen LogP contribution in [0.5, 0.6) is 0 Å². The van der Waals surface area contributed by atoms with Gasteiger partial charge in [-0.05, 0) is 58.0 Å². The third-order valence-electron chi connectivity index (χ3n) is 4.24. The largest absolute Gasteiger partial charge is 0.356 e. The predicted molar refractivity (Wildman–Crippen MR) is 112 cm³/mol. The second-order valence-corrected chi connectivity index (χ2v) is 7.67. The summed E-state index contributed by atoms with van der Waals surface area (Å²) in [6.45, 7) is 12.4. The Bertz CT molecular complexity index is 303. The minimum Gasteiger partial charge on any atom is -0.356 e. The number of guanidine groups is 1. The van der Waals surface area contributed by atoms with Crippen LogP contribution in [0.1, 0.15) is 46.5 Å². The highest BCUT2D eigenvalue weighted by molar-refractivity contribution is 14.0. The Morgan fingerprint density at radius 2 is 1.95 bits per heavy atom. The fourth-order valence-electron chi connectivity index (χ4n) is 2.67. The van der Waals surface area contributed by atoms with E-state index in [9.17, 15) is 0 Å². The molecule has 0 radical (unpaired) electrons. The smallest absolute Gasteiger partial charge is 0.191 e. The number of aliphatic imine (C=N–C) groups is 1. The van der Waals surface area contributed by atoms with Crippen LogP contribution < -0.4 is 10.6 Å². The van der Waals surface area contributed by atoms with Crippen LogP contribution in [0.25, 0.3) is 0 Å². The highest BCUT2D eigenvalue weighted by Crippen LogP contribution is 2.36. The van der Waals surface area contributed by atoms with E-state index < -0.39 is 0 Å². The molecule has 0 spiro atoms. The zero-order valence-electron chi connectivity index (χ0n) is 14.8. The van der Waals surface area contributed by atoms with E-state index in [0.717, 1.165) is 32.1 Å². The Balaban J connectivity index is 0.00000441. The molecule has 1 heterocycles. The number of hydrogen-bond acceptors (Lipinski definition) is 3. The molecule has 1 aliphatic heterocycles. The van der Waals surface area contributed by atoms with Gasteiger partial charge >= 0.3 is 0 Å². The van der Waals surface area contributed by atoms with Crippen LogP contribution >= 0.6 is 35.7 Å². The van der Waals surface area contributed by atoms with Gasteiger partial charge in [0.1, 0.15) is 0 Å². The molecular weight excluding hydrogens is 407 g/mol. The van der Waals surface area contributed by atoms with Crippen molar-refractivity contribution in [2.45, 2.75) is 51.2 Å². The number of unbranched alkanes of at least 4 members (excludes halogenated alkanes) is 1. The molecule has 0 aliphatic carbocycles. The van der Waals surface area contributed by atoms with Gasteiger partial charge in [-0.15, -0.1) is 24.0 Å². The van der Waals surface area contributed by atoms with Crippen LogP contribution in [0.3, 0.4) is 0 Å². The molecule has 0 saturated carbocycles. The quantitative estimate of drug-likeness (QED) is 0.249. The van der Waals surface area contributed by atoms with Crippen LogP contribution in [0.2, 0.25) is 0 Å². The van der Waals surface area contributed by atoms with Gasteiger partial charge in [-0.1, -0.05) is 13.8 Å². The fraction of sp³-hybridized carbons (Fsp3) is 0.938. The summed E-state index contributed by atoms with van der Waals surface area (Å²) in [6, 6.07) is 0. The van der Waals surface area contributed by atoms with E-state index in [1.807, 2.05) is 7.05 Å². The number of nitrogens with one attached hydrogen (secondary N) is 2. The number of thioether (sulfide) groups is 1. The summed E-state index contributed by atoms with van der Waals surface area (Å²) in [7, 11) is 1.86. The second kappa shape index (κ2) is 12.7. The molecule has 4 nitrogen and oxygen atoms in total. The molecule has 0 aromatic heterocycles. The summed E-state index contributed by atoms with van der Waals surface area (Å²) in [5.41, 5.74) is 0. The number of nitrogens with zero attached hydrogens (tertiary/aromatic N) is 2. The van der Waals surface area contributed by atoms with Gasteiger partial charge in [0.25, 0.3) is 0 Å². The van der Waals surface area contributed by atoms with Gasteiger partial charge in [-0.3, -0.25) is 4.99 Å². The van der Waals surface area contributed by atoms with Crippen LogP contribution in [0, 0.1) is 0 Å². The summed E-state index contributed by atoms with van der Waals surface area (Å²) >= 11 is 2.09. The highest BCUT2D eigenvalue weighted by atomic mass is 127. The maximum Gasteiger partial charge on any atom is 0.191 e. The Morgan fingerprint density at radius 3 is 2.50 bits per heavy atom. The van der Waals surface area contributed by atoms with Gasteiger partial charge in [-0.25, -0.2) is 0 Å². The zero-order chi connectivity index (χ0) is 15.6. The van der Waals surface area contributed by atoms with Gasteiger partial charge in [0, 0.05) is 24.9 Å². The molecular formula is C16H35IN4S. The normalized spacial score (nSPS) is 21.8. The Hall–Kier alpha value is 0.310. The third kappa shape index (κ3) is 8.82. The number of halogens is 1. The molecule has 1 rings (SSSR count). The van der Waals surface area contributed by atoms with Crippen molar-refractivity contribution >= 4 is 41.7 Å². The average Bonchev–Trinajstić information content (AvgIpc) is 2.93. The molecule has 1 atom stereocenters. The molecule has 0 amide bonds. The van der Waals surface area contributed by atoms with Crippen molar-refractivity contribution in [3.63, 3.8) is 0 Å². The highest BCUT2D eigenvalue weighted by Gasteiger charge is 2.29. The summed E-state index contributed by atoms with van der Waals surface area (Å²) in [6.07, 6.45) is 5.11. The van der Waals surface area contributed by atoms with Crippen molar-refractivity contribution in [3.05, 3.63) is 0 Å². The Labute approximate surface area is 158 Å². The molecule has 6 heteroatoms. The molecule has 1 aliphatic rings. The fourth-order valence-corrected chi connectivity index (χ4v) is 3.92. The van der Waals surface area contributed by atoms with E-state index in [1.165, 1.54) is 38.0 Å². The first-order valence-electron chi connectivity index (χ1n) is 8.44. The molecule has 1 unspecified atom stereocenters. The number of hydrogen-bond donors (Lipinski definition) is 2. The van der Waals surface area contributed by atoms with Gasteiger partial charge in [-0.2, -0.15) is 11.8 Å². The summed E-state index contributed by atoms with van der Waals surface area (Å²) in [4.78, 5) is 6.80. The Morgan fingerprint density at radius 1 is 1.23 bits per heavy atom. The molecule has 22 heavy (non-hydrogen) atoms. The van der Waals surface area contributed by atoms with Gasteiger partial charge < -0.3 is 15.5 Å². The molecule has 1 fully saturated rings. The van der Waals surface area contributed by atoms with E-state index >= 15 is 0 Å². The molecule has 0 aromatic rings. The summed E-state index contributed by atoms with van der Waals surface area (Å²) in [5.74, 6) is 2.25. The molecule has 1 saturated heterocycles. The monoisotopic (exact) mass is 442 g/mol. The van der Waals surface area contributed by atoms with Crippen molar-refractivity contribution in [1.29, 1.82) is 0 Å². The van der Waals surface area contributed by atoms with Crippen molar-refractivity contribution in [1.82, 2.24) is 15.5 Å². The van der Waals surface area contributed by atoms with Crippen LogP contribution in [0.15, 0.2) is 4.99 Å². The SMILES string of the molecule is CCN(CC)CCCCNC(=NC)NCC1(C)CCCS1.I. The van der Waals surface area contributed by atoms with Crippen LogP contribution in [-0.2, 0) is 0 Å². The van der Waals surface area contributed by atoms with Crippen LogP contribution in [0.4, 0.5) is 0 Å². The standard InChI is InChI=1S/C16H34N4S.HI/c1-5-20(6-2)12-8-7-11-18-15(17-4)19-14-16(3)10-9-13-21-16;/h5-14H2,1-4H3,(H2,17,18,19);1H. The molecule has 0 bridgehead atoms. The summed E-state index contributed by atoms with van der Waals surface area (Å²) in [5, 5.41) is 6.91. The lowest BCUT2D eigenvalue weighted by molar-refractivity contribution is 0.297. The topological polar surface area (TPSA) is 39.7 Å². The maximum atomic E-state index is 4.32. The van der Waals surface area contributed by atoms with E-state index in [1.54, 1.807) is 0 Å². The van der Waals surface area contributed by atoms with Gasteiger partial charge in [0.05, 0.1) is 0 Å². The first-order valence-corrected chi connectivity index (χ1v) is 9.43. The molecule has 0 aromatic carbocycles. The van der Waals surface area contributed by atoms with Gasteiger partial charge in [0.15, 0.2) is 5.96 Å². The van der Waals surface area contributed by atoms with Crippen molar-refractivity contribution in [2.24, 2.45) is 4.99 Å². The van der Waals surface area contributed by atoms with E-state index in [-0.39, 0.29) is 24.0 Å². The zero-order valence-corrected chi connectivity index (χ0v) is 17.9. The van der Waals surface area contributed by atoms with Gasteiger partial charge in [0.2, 0.25) is 0 Å². The first kappa shape index (κ1) is 22.3. The molecule has 2 N–H and O–H groups in total. The minimum atomic E-state index is 0. The van der Waals surface area contributed by atoms with E-state index in [0.29, 0.717) is 4.75 Å². The minimum absolute atomic E-state index is 0. The first-order chi connectivity index (χ1) is 10.1.